The number of hydrogen-bond donors (Lipinski definition) is 1. The Morgan fingerprint density at radius 1 is 1.00 bits per heavy atom. The fourth-order valence-corrected chi connectivity index (χ4v) is 3.36. The highest BCUT2D eigenvalue weighted by Crippen LogP contribution is 2.38. The summed E-state index contributed by atoms with van der Waals surface area (Å²) >= 11 is 6.22. The number of amides is 2. The third-order valence-electron chi connectivity index (χ3n) is 4.33. The highest BCUT2D eigenvalue weighted by molar-refractivity contribution is 6.41. The summed E-state index contributed by atoms with van der Waals surface area (Å²) < 4.78 is 5.12. The average molecular weight is 353 g/mol. The molecule has 124 valence electrons. The Kier molecular flexibility index (Phi) is 3.40. The third-order valence-corrected chi connectivity index (χ3v) is 4.66. The van der Waals surface area contributed by atoms with Gasteiger partial charge in [-0.05, 0) is 30.3 Å². The van der Waals surface area contributed by atoms with Crippen molar-refractivity contribution in [3.8, 4) is 5.75 Å². The maximum atomic E-state index is 13.0. The lowest BCUT2D eigenvalue weighted by Gasteiger charge is -2.28. The number of carbonyl (C=O) groups is 2. The summed E-state index contributed by atoms with van der Waals surface area (Å²) in [6, 6.07) is 13.4. The number of halogens is 1. The van der Waals surface area contributed by atoms with Crippen molar-refractivity contribution in [1.82, 2.24) is 0 Å². The lowest BCUT2D eigenvalue weighted by molar-refractivity contribution is 0.0893. The van der Waals surface area contributed by atoms with E-state index in [1.54, 1.807) is 48.5 Å². The van der Waals surface area contributed by atoms with E-state index in [1.165, 1.54) is 7.11 Å². The average Bonchev–Trinajstić information content (AvgIpc) is 2.62. The van der Waals surface area contributed by atoms with E-state index < -0.39 is 11.8 Å². The van der Waals surface area contributed by atoms with Crippen LogP contribution in [0.4, 0.5) is 11.4 Å². The number of imide groups is 1. The number of nitrogens with zero attached hydrogens (tertiary/aromatic N) is 1. The van der Waals surface area contributed by atoms with Gasteiger partial charge in [-0.1, -0.05) is 23.7 Å². The lowest BCUT2D eigenvalue weighted by atomic mass is 9.93. The number of rotatable bonds is 2. The predicted octanol–water partition coefficient (Wildman–Crippen LogP) is 3.88. The van der Waals surface area contributed by atoms with Crippen LogP contribution in [-0.4, -0.2) is 18.9 Å². The van der Waals surface area contributed by atoms with Crippen LogP contribution in [0.2, 0.25) is 5.02 Å². The van der Waals surface area contributed by atoms with Crippen LogP contribution in [0.3, 0.4) is 0 Å². The monoisotopic (exact) mass is 352 g/mol. The maximum absolute atomic E-state index is 13.0. The number of anilines is 2. The Morgan fingerprint density at radius 2 is 1.72 bits per heavy atom. The highest BCUT2D eigenvalue weighted by Gasteiger charge is 2.35. The Bertz CT molecular complexity index is 1040. The van der Waals surface area contributed by atoms with Gasteiger partial charge in [-0.3, -0.25) is 9.59 Å². The van der Waals surface area contributed by atoms with Crippen LogP contribution in [0.1, 0.15) is 20.7 Å². The summed E-state index contributed by atoms with van der Waals surface area (Å²) in [4.78, 5) is 27.1. The zero-order valence-electron chi connectivity index (χ0n) is 13.2. The molecular formula is C19H13ClN2O3. The van der Waals surface area contributed by atoms with Gasteiger partial charge in [0, 0.05) is 33.0 Å². The largest absolute Gasteiger partial charge is 0.497 e. The molecule has 0 unspecified atom stereocenters. The number of benzene rings is 3. The van der Waals surface area contributed by atoms with E-state index in [2.05, 4.69) is 0 Å². The van der Waals surface area contributed by atoms with E-state index in [0.717, 1.165) is 4.90 Å². The van der Waals surface area contributed by atoms with Crippen LogP contribution < -0.4 is 15.4 Å². The number of nitrogens with two attached hydrogens (primary N) is 1. The number of hydrogen-bond acceptors (Lipinski definition) is 4. The second-order valence-electron chi connectivity index (χ2n) is 5.69. The molecule has 3 aromatic rings. The van der Waals surface area contributed by atoms with Gasteiger partial charge in [0.05, 0.1) is 18.5 Å². The zero-order chi connectivity index (χ0) is 17.7. The van der Waals surface area contributed by atoms with Gasteiger partial charge in [-0.2, -0.15) is 0 Å². The molecule has 5 nitrogen and oxygen atoms in total. The molecule has 1 heterocycles. The predicted molar refractivity (Wildman–Crippen MR) is 97.5 cm³/mol. The number of carbonyl (C=O) groups excluding carboxylic acids is 2. The SMILES string of the molecule is COc1ccc(N2C(=O)c3cccc4c(Cl)ccc(c34)C2=O)c(N)c1. The van der Waals surface area contributed by atoms with Gasteiger partial charge in [0.1, 0.15) is 5.75 Å². The third kappa shape index (κ3) is 2.16. The van der Waals surface area contributed by atoms with Crippen LogP contribution in [0.5, 0.6) is 5.75 Å². The van der Waals surface area contributed by atoms with Gasteiger partial charge in [0.15, 0.2) is 0 Å². The van der Waals surface area contributed by atoms with E-state index in [1.807, 2.05) is 0 Å². The molecule has 4 rings (SSSR count). The van der Waals surface area contributed by atoms with Crippen LogP contribution in [0, 0.1) is 0 Å². The number of ether oxygens (including phenoxy) is 1. The van der Waals surface area contributed by atoms with E-state index >= 15 is 0 Å². The molecule has 0 saturated heterocycles. The fraction of sp³-hybridized carbons (Fsp3) is 0.0526. The van der Waals surface area contributed by atoms with Crippen molar-refractivity contribution in [3.63, 3.8) is 0 Å². The summed E-state index contributed by atoms with van der Waals surface area (Å²) in [5.41, 5.74) is 7.50. The van der Waals surface area contributed by atoms with E-state index in [-0.39, 0.29) is 5.69 Å². The van der Waals surface area contributed by atoms with Crippen molar-refractivity contribution < 1.29 is 14.3 Å². The van der Waals surface area contributed by atoms with Gasteiger partial charge >= 0.3 is 0 Å². The topological polar surface area (TPSA) is 72.6 Å². The Hall–Kier alpha value is -3.05. The molecule has 1 aliphatic rings. The quantitative estimate of drug-likeness (QED) is 0.561. The van der Waals surface area contributed by atoms with Crippen molar-refractivity contribution in [2.24, 2.45) is 0 Å². The maximum Gasteiger partial charge on any atom is 0.266 e. The van der Waals surface area contributed by atoms with Crippen LogP contribution in [0.25, 0.3) is 10.8 Å². The summed E-state index contributed by atoms with van der Waals surface area (Å²) in [6.07, 6.45) is 0. The van der Waals surface area contributed by atoms with Crippen LogP contribution in [0.15, 0.2) is 48.5 Å². The van der Waals surface area contributed by atoms with Crippen molar-refractivity contribution in [3.05, 3.63) is 64.7 Å². The van der Waals surface area contributed by atoms with Gasteiger partial charge in [0.25, 0.3) is 11.8 Å². The minimum atomic E-state index is -0.428. The van der Waals surface area contributed by atoms with Gasteiger partial charge in [-0.15, -0.1) is 0 Å². The summed E-state index contributed by atoms with van der Waals surface area (Å²) in [7, 11) is 1.52. The number of methoxy groups -OCH3 is 1. The first-order valence-electron chi connectivity index (χ1n) is 7.56. The summed E-state index contributed by atoms with van der Waals surface area (Å²) in [5.74, 6) is -0.308. The minimum Gasteiger partial charge on any atom is -0.497 e. The van der Waals surface area contributed by atoms with E-state index in [4.69, 9.17) is 22.1 Å². The molecule has 0 fully saturated rings. The van der Waals surface area contributed by atoms with Gasteiger partial charge in [-0.25, -0.2) is 4.90 Å². The summed E-state index contributed by atoms with van der Waals surface area (Å²) in [6.45, 7) is 0. The lowest BCUT2D eigenvalue weighted by Crippen LogP contribution is -2.40. The molecule has 2 N–H and O–H groups in total. The molecule has 0 radical (unpaired) electrons. The van der Waals surface area contributed by atoms with Crippen molar-refractivity contribution in [2.45, 2.75) is 0 Å². The smallest absolute Gasteiger partial charge is 0.266 e. The Balaban J connectivity index is 1.96. The molecule has 0 saturated carbocycles. The standard InChI is InChI=1S/C19H13ClN2O3/c1-25-10-5-8-16(15(21)9-10)22-18(23)12-4-2-3-11-14(20)7-6-13(17(11)12)19(22)24/h2-9H,21H2,1H3. The van der Waals surface area contributed by atoms with Crippen LogP contribution >= 0.6 is 11.6 Å². The molecule has 6 heteroatoms. The first kappa shape index (κ1) is 15.5. The van der Waals surface area contributed by atoms with Crippen molar-refractivity contribution in [1.29, 1.82) is 0 Å². The second-order valence-corrected chi connectivity index (χ2v) is 6.10. The molecule has 0 aromatic heterocycles. The Labute approximate surface area is 148 Å². The van der Waals surface area contributed by atoms with E-state index in [0.29, 0.717) is 38.4 Å². The van der Waals surface area contributed by atoms with Gasteiger partial charge < -0.3 is 10.5 Å². The fourth-order valence-electron chi connectivity index (χ4n) is 3.14. The minimum absolute atomic E-state index is 0.283. The molecule has 0 bridgehead atoms. The zero-order valence-corrected chi connectivity index (χ0v) is 14.0. The first-order valence-corrected chi connectivity index (χ1v) is 7.94. The Morgan fingerprint density at radius 3 is 2.40 bits per heavy atom. The van der Waals surface area contributed by atoms with Gasteiger partial charge in [0.2, 0.25) is 0 Å². The highest BCUT2D eigenvalue weighted by atomic mass is 35.5. The molecule has 2 amide bonds. The number of nitrogen functional groups attached to an aromatic ring is 1. The van der Waals surface area contributed by atoms with Crippen LogP contribution in [-0.2, 0) is 0 Å². The molecule has 0 spiro atoms. The van der Waals surface area contributed by atoms with E-state index in [9.17, 15) is 9.59 Å². The normalized spacial score (nSPS) is 13.4. The van der Waals surface area contributed by atoms with Crippen molar-refractivity contribution in [2.75, 3.05) is 17.7 Å². The summed E-state index contributed by atoms with van der Waals surface area (Å²) in [5, 5.41) is 1.76. The first-order chi connectivity index (χ1) is 12.0. The molecular weight excluding hydrogens is 340 g/mol. The molecule has 25 heavy (non-hydrogen) atoms. The molecule has 1 aliphatic heterocycles. The van der Waals surface area contributed by atoms with Crippen molar-refractivity contribution >= 4 is 45.6 Å². The molecule has 0 aliphatic carbocycles. The second kappa shape index (κ2) is 5.50. The molecule has 3 aromatic carbocycles. The molecule has 0 atom stereocenters.